The molecule has 1 aliphatic carbocycles. The van der Waals surface area contributed by atoms with Gasteiger partial charge in [-0.05, 0) is 38.5 Å². The summed E-state index contributed by atoms with van der Waals surface area (Å²) in [6, 6.07) is 0.234. The zero-order valence-corrected chi connectivity index (χ0v) is 13.0. The van der Waals surface area contributed by atoms with Crippen molar-refractivity contribution in [3.63, 3.8) is 0 Å². The van der Waals surface area contributed by atoms with E-state index in [9.17, 15) is 8.42 Å². The van der Waals surface area contributed by atoms with Gasteiger partial charge in [0.2, 0.25) is 10.0 Å². The van der Waals surface area contributed by atoms with Crippen molar-refractivity contribution in [2.75, 3.05) is 38.7 Å². The van der Waals surface area contributed by atoms with Crippen LogP contribution in [0.1, 0.15) is 32.6 Å². The van der Waals surface area contributed by atoms with Gasteiger partial charge in [0.05, 0.1) is 12.4 Å². The fourth-order valence-corrected chi connectivity index (χ4v) is 5.53. The minimum atomic E-state index is -3.16. The van der Waals surface area contributed by atoms with E-state index >= 15 is 0 Å². The fraction of sp³-hybridized carbons (Fsp3) is 1.00. The minimum absolute atomic E-state index is 0.122. The molecule has 3 aliphatic rings. The van der Waals surface area contributed by atoms with Crippen molar-refractivity contribution in [3.8, 4) is 0 Å². The molecular weight excluding hydrogens is 278 g/mol. The van der Waals surface area contributed by atoms with Gasteiger partial charge in [-0.2, -0.15) is 4.31 Å². The predicted molar refractivity (Wildman–Crippen MR) is 76.0 cm³/mol. The van der Waals surface area contributed by atoms with Crippen LogP contribution in [0, 0.1) is 11.3 Å². The number of hydrogen-bond donors (Lipinski definition) is 0. The number of hydrogen-bond acceptors (Lipinski definition) is 4. The Kier molecular flexibility index (Phi) is 4.10. The maximum absolute atomic E-state index is 12.5. The van der Waals surface area contributed by atoms with Gasteiger partial charge in [-0.3, -0.25) is 0 Å². The van der Waals surface area contributed by atoms with Crippen molar-refractivity contribution in [2.45, 2.75) is 38.6 Å². The number of ether oxygens (including phenoxy) is 2. The van der Waals surface area contributed by atoms with Crippen LogP contribution in [0.25, 0.3) is 0 Å². The lowest BCUT2D eigenvalue weighted by atomic mass is 9.66. The lowest BCUT2D eigenvalue weighted by Crippen LogP contribution is -2.68. The first kappa shape index (κ1) is 14.8. The molecule has 20 heavy (non-hydrogen) atoms. The van der Waals surface area contributed by atoms with Gasteiger partial charge in [-0.1, -0.05) is 0 Å². The van der Waals surface area contributed by atoms with Gasteiger partial charge >= 0.3 is 0 Å². The predicted octanol–water partition coefficient (Wildman–Crippen LogP) is 1.24. The van der Waals surface area contributed by atoms with Gasteiger partial charge in [0.1, 0.15) is 0 Å². The van der Waals surface area contributed by atoms with Crippen molar-refractivity contribution in [3.05, 3.63) is 0 Å². The summed E-state index contributed by atoms with van der Waals surface area (Å²) in [6.45, 7) is 5.05. The summed E-state index contributed by atoms with van der Waals surface area (Å²) in [5.41, 5.74) is 0.206. The molecule has 1 atom stereocenters. The molecule has 0 aromatic carbocycles. The quantitative estimate of drug-likeness (QED) is 0.693. The molecule has 0 N–H and O–H groups in total. The Hall–Kier alpha value is -0.170. The Bertz CT molecular complexity index is 440. The maximum Gasteiger partial charge on any atom is 0.216 e. The smallest absolute Gasteiger partial charge is 0.216 e. The van der Waals surface area contributed by atoms with E-state index in [2.05, 4.69) is 0 Å². The van der Waals surface area contributed by atoms with Crippen molar-refractivity contribution < 1.29 is 17.9 Å². The molecule has 6 heteroatoms. The van der Waals surface area contributed by atoms with Gasteiger partial charge in [0.25, 0.3) is 0 Å². The van der Waals surface area contributed by atoms with E-state index < -0.39 is 10.0 Å². The second-order valence-corrected chi connectivity index (χ2v) is 8.36. The number of nitrogens with zero attached hydrogens (tertiary/aromatic N) is 1. The SMILES string of the molecule is CCOCCS(=O)(=O)N1CC2(CCOCC2)C1C1CC1. The van der Waals surface area contributed by atoms with Gasteiger partial charge in [0.15, 0.2) is 0 Å². The molecule has 2 saturated heterocycles. The summed E-state index contributed by atoms with van der Waals surface area (Å²) in [4.78, 5) is 0. The zero-order chi connectivity index (χ0) is 14.2. The highest BCUT2D eigenvalue weighted by Crippen LogP contribution is 2.55. The molecule has 116 valence electrons. The Morgan fingerprint density at radius 1 is 1.30 bits per heavy atom. The zero-order valence-electron chi connectivity index (χ0n) is 12.2. The van der Waals surface area contributed by atoms with Crippen molar-refractivity contribution in [2.24, 2.45) is 11.3 Å². The first-order valence-corrected chi connectivity index (χ1v) is 9.35. The number of sulfonamides is 1. The van der Waals surface area contributed by atoms with Crippen LogP contribution < -0.4 is 0 Å². The lowest BCUT2D eigenvalue weighted by molar-refractivity contribution is -0.101. The highest BCUT2D eigenvalue weighted by molar-refractivity contribution is 7.89. The molecule has 0 aromatic rings. The molecule has 0 radical (unpaired) electrons. The van der Waals surface area contributed by atoms with Gasteiger partial charge < -0.3 is 9.47 Å². The molecule has 0 bridgehead atoms. The van der Waals surface area contributed by atoms with Crippen LogP contribution in [0.15, 0.2) is 0 Å². The van der Waals surface area contributed by atoms with Crippen LogP contribution in [0.5, 0.6) is 0 Å². The summed E-state index contributed by atoms with van der Waals surface area (Å²) >= 11 is 0. The van der Waals surface area contributed by atoms with Crippen LogP contribution in [-0.2, 0) is 19.5 Å². The van der Waals surface area contributed by atoms with Gasteiger partial charge in [-0.15, -0.1) is 0 Å². The maximum atomic E-state index is 12.5. The normalized spacial score (nSPS) is 30.4. The second-order valence-electron chi connectivity index (χ2n) is 6.32. The van der Waals surface area contributed by atoms with Crippen LogP contribution >= 0.6 is 0 Å². The van der Waals surface area contributed by atoms with Crippen LogP contribution in [0.3, 0.4) is 0 Å². The second kappa shape index (κ2) is 5.55. The molecular formula is C14H25NO4S. The molecule has 1 saturated carbocycles. The first-order chi connectivity index (χ1) is 9.59. The fourth-order valence-electron chi connectivity index (χ4n) is 3.77. The Labute approximate surface area is 121 Å². The monoisotopic (exact) mass is 303 g/mol. The van der Waals surface area contributed by atoms with Crippen molar-refractivity contribution in [1.29, 1.82) is 0 Å². The van der Waals surface area contributed by atoms with E-state index in [-0.39, 0.29) is 17.2 Å². The van der Waals surface area contributed by atoms with Crippen LogP contribution in [0.2, 0.25) is 0 Å². The Balaban J connectivity index is 1.68. The minimum Gasteiger partial charge on any atom is -0.381 e. The van der Waals surface area contributed by atoms with E-state index in [1.165, 1.54) is 12.8 Å². The standard InChI is InChI=1S/C14H25NO4S/c1-2-18-9-10-20(16,17)15-11-14(5-7-19-8-6-14)13(15)12-3-4-12/h12-13H,2-11H2,1H3. The summed E-state index contributed by atoms with van der Waals surface area (Å²) < 4.78 is 37.4. The molecule has 2 heterocycles. The van der Waals surface area contributed by atoms with Gasteiger partial charge in [-0.25, -0.2) is 8.42 Å². The highest BCUT2D eigenvalue weighted by atomic mass is 32.2. The molecule has 1 spiro atoms. The topological polar surface area (TPSA) is 55.8 Å². The molecule has 2 aliphatic heterocycles. The van der Waals surface area contributed by atoms with E-state index in [0.29, 0.717) is 25.7 Å². The Morgan fingerprint density at radius 3 is 2.60 bits per heavy atom. The molecule has 3 fully saturated rings. The summed E-state index contributed by atoms with van der Waals surface area (Å²) in [5.74, 6) is 0.708. The van der Waals surface area contributed by atoms with Gasteiger partial charge in [0, 0.05) is 37.8 Å². The third kappa shape index (κ3) is 2.63. The van der Waals surface area contributed by atoms with E-state index in [1.807, 2.05) is 6.92 Å². The third-order valence-corrected chi connectivity index (χ3v) is 6.77. The van der Waals surface area contributed by atoms with E-state index in [1.54, 1.807) is 4.31 Å². The Morgan fingerprint density at radius 2 is 2.00 bits per heavy atom. The largest absolute Gasteiger partial charge is 0.381 e. The number of rotatable bonds is 6. The first-order valence-electron chi connectivity index (χ1n) is 7.74. The van der Waals surface area contributed by atoms with Crippen molar-refractivity contribution in [1.82, 2.24) is 4.31 Å². The van der Waals surface area contributed by atoms with E-state index in [0.717, 1.165) is 26.1 Å². The third-order valence-electron chi connectivity index (χ3n) is 5.01. The molecule has 3 rings (SSSR count). The lowest BCUT2D eigenvalue weighted by Gasteiger charge is -2.58. The summed E-state index contributed by atoms with van der Waals surface area (Å²) in [7, 11) is -3.16. The molecule has 1 unspecified atom stereocenters. The molecule has 5 nitrogen and oxygen atoms in total. The summed E-state index contributed by atoms with van der Waals surface area (Å²) in [6.07, 6.45) is 4.41. The van der Waals surface area contributed by atoms with Crippen LogP contribution in [-0.4, -0.2) is 57.5 Å². The average Bonchev–Trinajstić information content (AvgIpc) is 3.22. The molecule has 0 amide bonds. The van der Waals surface area contributed by atoms with Crippen LogP contribution in [0.4, 0.5) is 0 Å². The summed E-state index contributed by atoms with van der Waals surface area (Å²) in [5, 5.41) is 0. The van der Waals surface area contributed by atoms with Crippen molar-refractivity contribution >= 4 is 10.0 Å². The highest BCUT2D eigenvalue weighted by Gasteiger charge is 2.61. The molecule has 0 aromatic heterocycles. The average molecular weight is 303 g/mol. The van der Waals surface area contributed by atoms with E-state index in [4.69, 9.17) is 9.47 Å².